The van der Waals surface area contributed by atoms with Crippen molar-refractivity contribution in [1.82, 2.24) is 4.98 Å². The van der Waals surface area contributed by atoms with E-state index in [1.54, 1.807) is 0 Å². The highest BCUT2D eigenvalue weighted by atomic mass is 16.5. The van der Waals surface area contributed by atoms with Crippen LogP contribution in [-0.4, -0.2) is 19.1 Å². The quantitative estimate of drug-likeness (QED) is 0.576. The normalized spacial score (nSPS) is 11.1. The summed E-state index contributed by atoms with van der Waals surface area (Å²) in [4.78, 5) is 5.62. The number of aromatic amines is 1. The lowest BCUT2D eigenvalue weighted by Gasteiger charge is -2.11. The molecule has 1 aromatic heterocycles. The van der Waals surface area contributed by atoms with Crippen LogP contribution in [0.15, 0.2) is 66.7 Å². The van der Waals surface area contributed by atoms with Gasteiger partial charge in [-0.05, 0) is 29.8 Å². The minimum Gasteiger partial charge on any atom is -0.489 e. The van der Waals surface area contributed by atoms with Gasteiger partial charge in [-0.1, -0.05) is 36.4 Å². The molecular formula is C21H20N2O. The topological polar surface area (TPSA) is 28.3 Å². The van der Waals surface area contributed by atoms with Gasteiger partial charge in [0.15, 0.2) is 0 Å². The standard InChI is InChI=1S/C21H20N2O/c1-23(2)16-8-10-18-19-11-9-17(13-21(19)22-20(18)12-16)24-14-15-6-4-3-5-7-15/h3-13,22H,14H2,1-2H3. The van der Waals surface area contributed by atoms with Crippen LogP contribution in [0.25, 0.3) is 21.8 Å². The van der Waals surface area contributed by atoms with Crippen LogP contribution in [0.4, 0.5) is 5.69 Å². The zero-order valence-corrected chi connectivity index (χ0v) is 13.9. The van der Waals surface area contributed by atoms with Crippen molar-refractivity contribution in [1.29, 1.82) is 0 Å². The summed E-state index contributed by atoms with van der Waals surface area (Å²) >= 11 is 0. The number of ether oxygens (including phenoxy) is 1. The van der Waals surface area contributed by atoms with Crippen molar-refractivity contribution in [2.24, 2.45) is 0 Å². The van der Waals surface area contributed by atoms with Gasteiger partial charge in [0.25, 0.3) is 0 Å². The van der Waals surface area contributed by atoms with Crippen LogP contribution < -0.4 is 9.64 Å². The van der Waals surface area contributed by atoms with E-state index in [1.807, 2.05) is 24.3 Å². The van der Waals surface area contributed by atoms with Gasteiger partial charge in [-0.3, -0.25) is 0 Å². The maximum atomic E-state index is 5.93. The fraction of sp³-hybridized carbons (Fsp3) is 0.143. The van der Waals surface area contributed by atoms with Crippen molar-refractivity contribution in [2.75, 3.05) is 19.0 Å². The fourth-order valence-corrected chi connectivity index (χ4v) is 2.99. The van der Waals surface area contributed by atoms with E-state index in [0.717, 1.165) is 16.8 Å². The van der Waals surface area contributed by atoms with Crippen LogP contribution in [-0.2, 0) is 6.61 Å². The molecule has 1 N–H and O–H groups in total. The van der Waals surface area contributed by atoms with E-state index in [4.69, 9.17) is 4.74 Å². The first-order chi connectivity index (χ1) is 11.7. The van der Waals surface area contributed by atoms with E-state index >= 15 is 0 Å². The lowest BCUT2D eigenvalue weighted by atomic mass is 10.1. The number of fused-ring (bicyclic) bond motifs is 3. The average molecular weight is 316 g/mol. The van der Waals surface area contributed by atoms with E-state index in [2.05, 4.69) is 66.4 Å². The smallest absolute Gasteiger partial charge is 0.121 e. The van der Waals surface area contributed by atoms with Gasteiger partial charge in [0.05, 0.1) is 5.52 Å². The molecule has 3 aromatic carbocycles. The van der Waals surface area contributed by atoms with Crippen LogP contribution in [0, 0.1) is 0 Å². The van der Waals surface area contributed by atoms with Crippen LogP contribution in [0.3, 0.4) is 0 Å². The summed E-state index contributed by atoms with van der Waals surface area (Å²) < 4.78 is 5.93. The van der Waals surface area contributed by atoms with Gasteiger partial charge in [-0.2, -0.15) is 0 Å². The molecule has 0 fully saturated rings. The van der Waals surface area contributed by atoms with Gasteiger partial charge in [0, 0.05) is 42.1 Å². The van der Waals surface area contributed by atoms with E-state index in [-0.39, 0.29) is 0 Å². The lowest BCUT2D eigenvalue weighted by molar-refractivity contribution is 0.306. The molecule has 0 bridgehead atoms. The molecule has 0 atom stereocenters. The van der Waals surface area contributed by atoms with E-state index < -0.39 is 0 Å². The van der Waals surface area contributed by atoms with Crippen LogP contribution in [0.1, 0.15) is 5.56 Å². The summed E-state index contributed by atoms with van der Waals surface area (Å²) in [5.74, 6) is 0.880. The van der Waals surface area contributed by atoms with E-state index in [9.17, 15) is 0 Å². The van der Waals surface area contributed by atoms with Gasteiger partial charge >= 0.3 is 0 Å². The largest absolute Gasteiger partial charge is 0.489 e. The van der Waals surface area contributed by atoms with Crippen molar-refractivity contribution in [3.05, 3.63) is 72.3 Å². The molecule has 3 nitrogen and oxygen atoms in total. The lowest BCUT2D eigenvalue weighted by Crippen LogP contribution is -2.07. The maximum Gasteiger partial charge on any atom is 0.121 e. The second kappa shape index (κ2) is 5.93. The molecule has 120 valence electrons. The van der Waals surface area contributed by atoms with Gasteiger partial charge in [0.2, 0.25) is 0 Å². The molecule has 0 aliphatic carbocycles. The summed E-state index contributed by atoms with van der Waals surface area (Å²) in [5.41, 5.74) is 4.61. The van der Waals surface area contributed by atoms with E-state index in [0.29, 0.717) is 6.61 Å². The van der Waals surface area contributed by atoms with Crippen molar-refractivity contribution in [2.45, 2.75) is 6.61 Å². The number of rotatable bonds is 4. The zero-order chi connectivity index (χ0) is 16.5. The summed E-state index contributed by atoms with van der Waals surface area (Å²) in [6, 6.07) is 23.0. The highest BCUT2D eigenvalue weighted by Crippen LogP contribution is 2.30. The molecular weight excluding hydrogens is 296 g/mol. The highest BCUT2D eigenvalue weighted by Gasteiger charge is 2.07. The number of anilines is 1. The first-order valence-corrected chi connectivity index (χ1v) is 8.10. The molecule has 0 aliphatic heterocycles. The Bertz CT molecular complexity index is 987. The Hall–Kier alpha value is -2.94. The molecule has 0 spiro atoms. The molecule has 4 aromatic rings. The van der Waals surface area contributed by atoms with Gasteiger partial charge in [-0.25, -0.2) is 0 Å². The molecule has 0 aliphatic rings. The predicted molar refractivity (Wildman–Crippen MR) is 101 cm³/mol. The Morgan fingerprint density at radius 1 is 0.833 bits per heavy atom. The predicted octanol–water partition coefficient (Wildman–Crippen LogP) is 4.97. The van der Waals surface area contributed by atoms with E-state index in [1.165, 1.54) is 22.0 Å². The number of hydrogen-bond donors (Lipinski definition) is 1. The molecule has 1 heterocycles. The average Bonchev–Trinajstić information content (AvgIpc) is 2.97. The Kier molecular flexibility index (Phi) is 3.62. The fourth-order valence-electron chi connectivity index (χ4n) is 2.99. The van der Waals surface area contributed by atoms with Crippen molar-refractivity contribution >= 4 is 27.5 Å². The Morgan fingerprint density at radius 2 is 1.54 bits per heavy atom. The van der Waals surface area contributed by atoms with Crippen LogP contribution >= 0.6 is 0 Å². The third-order valence-electron chi connectivity index (χ3n) is 4.32. The van der Waals surface area contributed by atoms with Crippen molar-refractivity contribution in [3.8, 4) is 5.75 Å². The minimum absolute atomic E-state index is 0.581. The minimum atomic E-state index is 0.581. The number of nitrogens with one attached hydrogen (secondary N) is 1. The number of hydrogen-bond acceptors (Lipinski definition) is 2. The van der Waals surface area contributed by atoms with Gasteiger partial charge in [-0.15, -0.1) is 0 Å². The monoisotopic (exact) mass is 316 g/mol. The first kappa shape index (κ1) is 14.6. The Labute approximate surface area is 141 Å². The zero-order valence-electron chi connectivity index (χ0n) is 13.9. The summed E-state index contributed by atoms with van der Waals surface area (Å²) in [7, 11) is 4.11. The van der Waals surface area contributed by atoms with Crippen molar-refractivity contribution in [3.63, 3.8) is 0 Å². The molecule has 24 heavy (non-hydrogen) atoms. The maximum absolute atomic E-state index is 5.93. The first-order valence-electron chi connectivity index (χ1n) is 8.10. The SMILES string of the molecule is CN(C)c1ccc2c(c1)[nH]c1cc(OCc3ccccc3)ccc12. The molecule has 0 amide bonds. The number of nitrogens with zero attached hydrogens (tertiary/aromatic N) is 1. The highest BCUT2D eigenvalue weighted by molar-refractivity contribution is 6.08. The Morgan fingerprint density at radius 3 is 2.29 bits per heavy atom. The second-order valence-corrected chi connectivity index (χ2v) is 6.23. The van der Waals surface area contributed by atoms with Gasteiger partial charge < -0.3 is 14.6 Å². The third-order valence-corrected chi connectivity index (χ3v) is 4.32. The number of benzene rings is 3. The van der Waals surface area contributed by atoms with Gasteiger partial charge in [0.1, 0.15) is 12.4 Å². The second-order valence-electron chi connectivity index (χ2n) is 6.23. The molecule has 0 unspecified atom stereocenters. The summed E-state index contributed by atoms with van der Waals surface area (Å²) in [6.07, 6.45) is 0. The summed E-state index contributed by atoms with van der Waals surface area (Å²) in [6.45, 7) is 0.581. The van der Waals surface area contributed by atoms with Crippen molar-refractivity contribution < 1.29 is 4.74 Å². The molecule has 0 radical (unpaired) electrons. The number of H-pyrrole nitrogens is 1. The van der Waals surface area contributed by atoms with Crippen LogP contribution in [0.2, 0.25) is 0 Å². The molecule has 0 saturated carbocycles. The molecule has 4 rings (SSSR count). The molecule has 0 saturated heterocycles. The Balaban J connectivity index is 1.66. The summed E-state index contributed by atoms with van der Waals surface area (Å²) in [5, 5.41) is 2.47. The van der Waals surface area contributed by atoms with Crippen LogP contribution in [0.5, 0.6) is 5.75 Å². The number of aromatic nitrogens is 1. The molecule has 3 heteroatoms. The third kappa shape index (κ3) is 2.69.